The number of carbonyl (C=O) groups is 1. The summed E-state index contributed by atoms with van der Waals surface area (Å²) in [5.74, 6) is -0.382. The largest absolute Gasteiger partial charge is 0.468 e. The zero-order chi connectivity index (χ0) is 28.6. The molecule has 2 aromatic heterocycles. The summed E-state index contributed by atoms with van der Waals surface area (Å²) in [5, 5.41) is 21.0. The maximum absolute atomic E-state index is 13.1. The maximum atomic E-state index is 13.1. The molecule has 0 saturated carbocycles. The van der Waals surface area contributed by atoms with Gasteiger partial charge in [-0.05, 0) is 85.6 Å². The van der Waals surface area contributed by atoms with Gasteiger partial charge in [-0.3, -0.25) is 4.79 Å². The Kier molecular flexibility index (Phi) is 6.41. The van der Waals surface area contributed by atoms with Crippen molar-refractivity contribution in [3.63, 3.8) is 0 Å². The van der Waals surface area contributed by atoms with Crippen LogP contribution < -0.4 is 21.3 Å². The van der Waals surface area contributed by atoms with Gasteiger partial charge in [-0.15, -0.1) is 0 Å². The molecule has 0 aromatic carbocycles. The van der Waals surface area contributed by atoms with Gasteiger partial charge in [-0.1, -0.05) is 27.7 Å². The molecule has 0 radical (unpaired) electrons. The summed E-state index contributed by atoms with van der Waals surface area (Å²) in [5.41, 5.74) is 12.2. The highest BCUT2D eigenvalue weighted by Crippen LogP contribution is 2.44. The number of fused-ring (bicyclic) bond motifs is 8. The molecule has 4 aliphatic rings. The van der Waals surface area contributed by atoms with E-state index in [9.17, 15) is 9.90 Å². The molecule has 0 amide bonds. The quantitative estimate of drug-likeness (QED) is 0.381. The number of rotatable bonds is 3. The second kappa shape index (κ2) is 9.58. The molecule has 3 aliphatic heterocycles. The Balaban J connectivity index is 1.68. The first-order valence-electron chi connectivity index (χ1n) is 14.7. The fourth-order valence-corrected chi connectivity index (χ4v) is 7.57. The third-order valence-electron chi connectivity index (χ3n) is 10.2. The normalized spacial score (nSPS) is 32.1. The van der Waals surface area contributed by atoms with Crippen molar-refractivity contribution in [3.05, 3.63) is 73.1 Å². The van der Waals surface area contributed by atoms with Crippen molar-refractivity contribution in [3.8, 4) is 0 Å². The number of hydrogen-bond donors (Lipinski definition) is 5. The van der Waals surface area contributed by atoms with Crippen molar-refractivity contribution in [1.82, 2.24) is 20.6 Å². The highest BCUT2D eigenvalue weighted by atomic mass is 16.5. The highest BCUT2D eigenvalue weighted by Gasteiger charge is 2.48. The number of aliphatic hydroxyl groups is 1. The Morgan fingerprint density at radius 2 is 1.75 bits per heavy atom. The number of aromatic amines is 2. The number of carbonyl (C=O) groups excluding carboxylic acids is 1. The Labute approximate surface area is 236 Å². The Hall–Kier alpha value is -3.45. The van der Waals surface area contributed by atoms with Crippen molar-refractivity contribution >= 4 is 23.7 Å². The van der Waals surface area contributed by atoms with Crippen LogP contribution in [0.5, 0.6) is 0 Å². The van der Waals surface area contributed by atoms with Crippen LogP contribution in [0.25, 0.3) is 17.7 Å². The van der Waals surface area contributed by atoms with E-state index in [1.807, 2.05) is 6.92 Å². The van der Waals surface area contributed by atoms with Crippen LogP contribution in [0.2, 0.25) is 0 Å². The van der Waals surface area contributed by atoms with Gasteiger partial charge < -0.3 is 30.4 Å². The van der Waals surface area contributed by atoms with Gasteiger partial charge in [0.15, 0.2) is 0 Å². The molecule has 1 unspecified atom stereocenters. The second-order valence-electron chi connectivity index (χ2n) is 12.1. The number of aliphatic hydroxyl groups excluding tert-OH is 1. The van der Waals surface area contributed by atoms with Crippen molar-refractivity contribution in [2.75, 3.05) is 7.11 Å². The van der Waals surface area contributed by atoms with E-state index >= 15 is 0 Å². The topological polar surface area (TPSA) is 102 Å². The minimum atomic E-state index is -0.962. The van der Waals surface area contributed by atoms with Crippen LogP contribution in [0.15, 0.2) is 28.7 Å². The fourth-order valence-electron chi connectivity index (χ4n) is 7.57. The molecule has 40 heavy (non-hydrogen) atoms. The Morgan fingerprint density at radius 3 is 2.42 bits per heavy atom. The average molecular weight is 543 g/mol. The van der Waals surface area contributed by atoms with E-state index in [1.165, 1.54) is 29.5 Å². The number of allylic oxidation sites excluding steroid dienone is 3. The van der Waals surface area contributed by atoms with E-state index in [0.717, 1.165) is 63.0 Å². The third-order valence-corrected chi connectivity index (χ3v) is 10.2. The molecular weight excluding hydrogens is 500 g/mol. The fraction of sp³-hybridized carbons (Fsp3) is 0.485. The molecule has 1 aliphatic carbocycles. The van der Waals surface area contributed by atoms with E-state index in [-0.39, 0.29) is 17.9 Å². The van der Waals surface area contributed by atoms with Crippen molar-refractivity contribution < 1.29 is 14.6 Å². The number of H-pyrrole nitrogens is 2. The van der Waals surface area contributed by atoms with Gasteiger partial charge in [0.2, 0.25) is 0 Å². The number of hydrogen-bond acceptors (Lipinski definition) is 5. The lowest BCUT2D eigenvalue weighted by molar-refractivity contribution is -0.146. The summed E-state index contributed by atoms with van der Waals surface area (Å²) in [7, 11) is 1.40. The van der Waals surface area contributed by atoms with Crippen LogP contribution in [0.4, 0.5) is 0 Å². The van der Waals surface area contributed by atoms with Crippen LogP contribution >= 0.6 is 0 Å². The van der Waals surface area contributed by atoms with E-state index in [4.69, 9.17) is 4.74 Å². The standard InChI is InChI=1S/C33H42N4O3/c1-9-19-16(5)22-11-21-14(3)15(4)30(36-21)28-29(33(39)40-8)32(38)27-18(7)24(37-31(27)28)13-26-20(10-2)17(6)23(35-26)12-25(19)34-22/h11-15,19,29-30,32,34-38H,9-10H2,1-8H3/b21-11-,24-13-,25-12-/t14-,15-,19-,29+,30?,32+/m0/s1. The maximum Gasteiger partial charge on any atom is 0.315 e. The van der Waals surface area contributed by atoms with Crippen LogP contribution in [0.1, 0.15) is 80.8 Å². The molecule has 5 N–H and O–H groups in total. The lowest BCUT2D eigenvalue weighted by atomic mass is 9.83. The van der Waals surface area contributed by atoms with E-state index in [2.05, 4.69) is 80.4 Å². The molecular formula is C33H42N4O3. The number of ether oxygens (including phenoxy) is 1. The Bertz CT molecular complexity index is 1630. The molecule has 0 spiro atoms. The van der Waals surface area contributed by atoms with Crippen LogP contribution in [0.3, 0.4) is 0 Å². The van der Waals surface area contributed by atoms with Gasteiger partial charge in [0, 0.05) is 56.6 Å². The smallest absolute Gasteiger partial charge is 0.315 e. The summed E-state index contributed by atoms with van der Waals surface area (Å²) in [6.07, 6.45) is 7.67. The van der Waals surface area contributed by atoms with Crippen molar-refractivity contribution in [1.29, 1.82) is 0 Å². The lowest BCUT2D eigenvalue weighted by Crippen LogP contribution is -2.36. The molecule has 6 rings (SSSR count). The predicted octanol–water partition coefficient (Wildman–Crippen LogP) is 3.72. The first-order valence-corrected chi connectivity index (χ1v) is 14.7. The van der Waals surface area contributed by atoms with E-state index in [0.29, 0.717) is 5.92 Å². The minimum Gasteiger partial charge on any atom is -0.468 e. The zero-order valence-electron chi connectivity index (χ0n) is 24.9. The molecule has 5 heterocycles. The van der Waals surface area contributed by atoms with Crippen LogP contribution in [0, 0.1) is 37.5 Å². The van der Waals surface area contributed by atoms with Gasteiger partial charge in [-0.2, -0.15) is 0 Å². The molecule has 1 saturated heterocycles. The minimum absolute atomic E-state index is 0.120. The van der Waals surface area contributed by atoms with Gasteiger partial charge in [-0.25, -0.2) is 0 Å². The number of aromatic nitrogens is 2. The molecule has 1 fully saturated rings. The number of nitrogens with one attached hydrogen (secondary N) is 4. The third kappa shape index (κ3) is 3.70. The predicted molar refractivity (Wildman–Crippen MR) is 158 cm³/mol. The molecule has 8 bridgehead atoms. The molecule has 212 valence electrons. The first-order chi connectivity index (χ1) is 19.1. The molecule has 6 atom stereocenters. The van der Waals surface area contributed by atoms with Gasteiger partial charge in [0.05, 0.1) is 19.3 Å². The summed E-state index contributed by atoms with van der Waals surface area (Å²) >= 11 is 0. The average Bonchev–Trinajstić information content (AvgIpc) is 3.66. The van der Waals surface area contributed by atoms with E-state index < -0.39 is 18.0 Å². The van der Waals surface area contributed by atoms with Gasteiger partial charge >= 0.3 is 5.97 Å². The summed E-state index contributed by atoms with van der Waals surface area (Å²) in [4.78, 5) is 20.5. The van der Waals surface area contributed by atoms with Gasteiger partial charge in [0.25, 0.3) is 0 Å². The molecule has 2 aromatic rings. The van der Waals surface area contributed by atoms with Crippen LogP contribution in [-0.4, -0.2) is 34.2 Å². The first kappa shape index (κ1) is 26.8. The van der Waals surface area contributed by atoms with Crippen molar-refractivity contribution in [2.24, 2.45) is 23.7 Å². The Morgan fingerprint density at radius 1 is 1.00 bits per heavy atom. The molecule has 7 nitrogen and oxygen atoms in total. The molecule has 7 heteroatoms. The van der Waals surface area contributed by atoms with E-state index in [1.54, 1.807) is 0 Å². The van der Waals surface area contributed by atoms with Crippen LogP contribution in [-0.2, 0) is 16.0 Å². The summed E-state index contributed by atoms with van der Waals surface area (Å²) < 4.78 is 5.23. The number of methoxy groups -OCH3 is 1. The van der Waals surface area contributed by atoms with Gasteiger partial charge in [0.1, 0.15) is 5.92 Å². The summed E-state index contributed by atoms with van der Waals surface area (Å²) in [6.45, 7) is 15.4. The summed E-state index contributed by atoms with van der Waals surface area (Å²) in [6, 6.07) is -0.120. The highest BCUT2D eigenvalue weighted by molar-refractivity contribution is 5.88. The van der Waals surface area contributed by atoms with Crippen molar-refractivity contribution in [2.45, 2.75) is 73.5 Å². The monoisotopic (exact) mass is 542 g/mol. The number of esters is 1. The lowest BCUT2D eigenvalue weighted by Gasteiger charge is -2.25. The zero-order valence-corrected chi connectivity index (χ0v) is 24.9. The second-order valence-corrected chi connectivity index (χ2v) is 12.1. The SMILES string of the molecule is CCc1c2[nH]c(c1C)/C=C1\NC(=C(C)[C@@H]1CC)/C=C1\NC(C3=c4[nH]/c(c(C)c4[C@@H](O)[C@@H]3C(=O)OC)=C\2)[C@@H](C)[C@@H]1C.